The summed E-state index contributed by atoms with van der Waals surface area (Å²) in [4.78, 5) is 12.6. The average molecular weight is 327 g/mol. The van der Waals surface area contributed by atoms with Crippen molar-refractivity contribution in [1.29, 1.82) is 0 Å². The molecule has 3 rings (SSSR count). The number of benzene rings is 2. The zero-order valence-electron chi connectivity index (χ0n) is 13.8. The Kier molecular flexibility index (Phi) is 5.14. The Balaban J connectivity index is 1.59. The minimum Gasteiger partial charge on any atom is -0.497 e. The lowest BCUT2D eigenvalue weighted by atomic mass is 9.93. The van der Waals surface area contributed by atoms with Crippen molar-refractivity contribution < 1.29 is 13.9 Å². The first-order valence-electron chi connectivity index (χ1n) is 8.33. The maximum absolute atomic E-state index is 13.1. The fraction of sp³-hybridized carbons (Fsp3) is 0.350. The molecule has 1 atom stereocenters. The van der Waals surface area contributed by atoms with E-state index in [1.54, 1.807) is 19.2 Å². The summed E-state index contributed by atoms with van der Waals surface area (Å²) in [6.07, 6.45) is 2.88. The van der Waals surface area contributed by atoms with Crippen molar-refractivity contribution in [2.24, 2.45) is 5.92 Å². The molecule has 1 N–H and O–H groups in total. The van der Waals surface area contributed by atoms with Gasteiger partial charge in [0.25, 0.3) is 0 Å². The number of carbonyl (C=O) groups is 1. The van der Waals surface area contributed by atoms with Gasteiger partial charge in [0.15, 0.2) is 0 Å². The van der Waals surface area contributed by atoms with Crippen LogP contribution in [0.5, 0.6) is 5.75 Å². The fourth-order valence-electron chi connectivity index (χ4n) is 3.01. The second-order valence-electron chi connectivity index (χ2n) is 6.26. The number of carbonyl (C=O) groups excluding carboxylic acids is 1. The summed E-state index contributed by atoms with van der Waals surface area (Å²) in [6, 6.07) is 14.1. The van der Waals surface area contributed by atoms with E-state index >= 15 is 0 Å². The average Bonchev–Trinajstić information content (AvgIpc) is 3.42. The lowest BCUT2D eigenvalue weighted by Gasteiger charge is -2.17. The molecule has 0 radical (unpaired) electrons. The number of amides is 1. The lowest BCUT2D eigenvalue weighted by Crippen LogP contribution is -2.32. The van der Waals surface area contributed by atoms with Crippen LogP contribution in [-0.4, -0.2) is 19.6 Å². The van der Waals surface area contributed by atoms with Gasteiger partial charge >= 0.3 is 0 Å². The molecule has 2 aromatic carbocycles. The van der Waals surface area contributed by atoms with Crippen molar-refractivity contribution in [3.05, 3.63) is 65.5 Å². The predicted molar refractivity (Wildman–Crippen MR) is 91.6 cm³/mol. The van der Waals surface area contributed by atoms with Crippen LogP contribution in [0.2, 0.25) is 0 Å². The first-order chi connectivity index (χ1) is 11.7. The Morgan fingerprint density at radius 2 is 2.00 bits per heavy atom. The molecule has 2 aromatic rings. The number of methoxy groups -OCH3 is 1. The number of hydrogen-bond donors (Lipinski definition) is 1. The maximum Gasteiger partial charge on any atom is 0.227 e. The molecule has 0 saturated heterocycles. The number of halogens is 1. The summed E-state index contributed by atoms with van der Waals surface area (Å²) in [7, 11) is 1.64. The van der Waals surface area contributed by atoms with Gasteiger partial charge in [0.2, 0.25) is 5.91 Å². The van der Waals surface area contributed by atoms with E-state index in [4.69, 9.17) is 4.74 Å². The topological polar surface area (TPSA) is 38.3 Å². The quantitative estimate of drug-likeness (QED) is 0.842. The van der Waals surface area contributed by atoms with Gasteiger partial charge in [-0.2, -0.15) is 0 Å². The highest BCUT2D eigenvalue weighted by Gasteiger charge is 2.37. The zero-order chi connectivity index (χ0) is 16.9. The van der Waals surface area contributed by atoms with Crippen molar-refractivity contribution in [2.75, 3.05) is 13.7 Å². The Morgan fingerprint density at radius 3 is 2.67 bits per heavy atom. The van der Waals surface area contributed by atoms with E-state index in [1.165, 1.54) is 12.1 Å². The van der Waals surface area contributed by atoms with Gasteiger partial charge in [-0.3, -0.25) is 4.79 Å². The van der Waals surface area contributed by atoms with Crippen LogP contribution in [-0.2, 0) is 11.2 Å². The third kappa shape index (κ3) is 4.13. The molecule has 24 heavy (non-hydrogen) atoms. The van der Waals surface area contributed by atoms with Crippen LogP contribution < -0.4 is 10.1 Å². The number of nitrogens with one attached hydrogen (secondary N) is 1. The lowest BCUT2D eigenvalue weighted by molar-refractivity contribution is -0.123. The highest BCUT2D eigenvalue weighted by atomic mass is 19.1. The summed E-state index contributed by atoms with van der Waals surface area (Å²) in [5.74, 6) is 0.794. The van der Waals surface area contributed by atoms with Crippen LogP contribution in [0, 0.1) is 11.7 Å². The monoisotopic (exact) mass is 327 g/mol. The first-order valence-corrected chi connectivity index (χ1v) is 8.33. The number of rotatable bonds is 7. The summed E-state index contributed by atoms with van der Waals surface area (Å²) in [5, 5.41) is 3.03. The van der Waals surface area contributed by atoms with Crippen LogP contribution in [0.1, 0.15) is 29.9 Å². The number of hydrogen-bond acceptors (Lipinski definition) is 2. The van der Waals surface area contributed by atoms with Crippen LogP contribution in [0.25, 0.3) is 0 Å². The molecular formula is C20H22FNO2. The molecule has 1 saturated carbocycles. The minimum atomic E-state index is -0.272. The molecule has 1 aliphatic rings. The van der Waals surface area contributed by atoms with E-state index < -0.39 is 0 Å². The van der Waals surface area contributed by atoms with Gasteiger partial charge in [0, 0.05) is 6.54 Å². The summed E-state index contributed by atoms with van der Waals surface area (Å²) < 4.78 is 18.3. The van der Waals surface area contributed by atoms with Crippen molar-refractivity contribution >= 4 is 5.91 Å². The molecule has 1 amide bonds. The predicted octanol–water partition coefficient (Wildman–Crippen LogP) is 3.69. The van der Waals surface area contributed by atoms with Crippen molar-refractivity contribution in [1.82, 2.24) is 5.32 Å². The van der Waals surface area contributed by atoms with E-state index in [1.807, 2.05) is 24.3 Å². The smallest absolute Gasteiger partial charge is 0.227 e. The normalized spacial score (nSPS) is 14.9. The third-order valence-corrected chi connectivity index (χ3v) is 4.45. The van der Waals surface area contributed by atoms with Crippen LogP contribution in [0.15, 0.2) is 48.5 Å². The molecule has 126 valence electrons. The molecule has 3 nitrogen and oxygen atoms in total. The molecule has 0 aliphatic heterocycles. The van der Waals surface area contributed by atoms with Crippen molar-refractivity contribution in [2.45, 2.75) is 25.2 Å². The standard InChI is InChI=1S/C20H22FNO2/c1-24-18-4-2-3-14(13-18)11-12-22-20(23)19(15-5-6-15)16-7-9-17(21)10-8-16/h2-4,7-10,13,15,19H,5-6,11-12H2,1H3,(H,22,23). The van der Waals surface area contributed by atoms with Gasteiger partial charge in [-0.15, -0.1) is 0 Å². The van der Waals surface area contributed by atoms with Crippen molar-refractivity contribution in [3.8, 4) is 5.75 Å². The second kappa shape index (κ2) is 7.47. The molecule has 1 fully saturated rings. The van der Waals surface area contributed by atoms with E-state index in [9.17, 15) is 9.18 Å². The highest BCUT2D eigenvalue weighted by Crippen LogP contribution is 2.42. The van der Waals surface area contributed by atoms with Gasteiger partial charge in [0.05, 0.1) is 13.0 Å². The summed E-state index contributed by atoms with van der Waals surface area (Å²) in [6.45, 7) is 0.580. The van der Waals surface area contributed by atoms with Crippen LogP contribution in [0.3, 0.4) is 0 Å². The van der Waals surface area contributed by atoms with Gasteiger partial charge < -0.3 is 10.1 Å². The molecule has 0 aromatic heterocycles. The Labute approximate surface area is 141 Å². The zero-order valence-corrected chi connectivity index (χ0v) is 13.8. The van der Waals surface area contributed by atoms with E-state index in [2.05, 4.69) is 5.32 Å². The van der Waals surface area contributed by atoms with Gasteiger partial charge in [-0.05, 0) is 60.6 Å². The van der Waals surface area contributed by atoms with Gasteiger partial charge in [0.1, 0.15) is 11.6 Å². The Hall–Kier alpha value is -2.36. The second-order valence-corrected chi connectivity index (χ2v) is 6.26. The van der Waals surface area contributed by atoms with E-state index in [-0.39, 0.29) is 17.6 Å². The molecule has 1 unspecified atom stereocenters. The van der Waals surface area contributed by atoms with E-state index in [0.29, 0.717) is 12.5 Å². The fourth-order valence-corrected chi connectivity index (χ4v) is 3.01. The molecular weight excluding hydrogens is 305 g/mol. The molecule has 0 heterocycles. The van der Waals surface area contributed by atoms with Crippen LogP contribution >= 0.6 is 0 Å². The van der Waals surface area contributed by atoms with Crippen molar-refractivity contribution in [3.63, 3.8) is 0 Å². The first kappa shape index (κ1) is 16.5. The van der Waals surface area contributed by atoms with E-state index in [0.717, 1.165) is 36.1 Å². The maximum atomic E-state index is 13.1. The molecule has 0 bridgehead atoms. The SMILES string of the molecule is COc1cccc(CCNC(=O)C(c2ccc(F)cc2)C2CC2)c1. The number of ether oxygens (including phenoxy) is 1. The summed E-state index contributed by atoms with van der Waals surface area (Å²) >= 11 is 0. The molecule has 1 aliphatic carbocycles. The molecule has 4 heteroatoms. The van der Waals surface area contributed by atoms with Crippen LogP contribution in [0.4, 0.5) is 4.39 Å². The third-order valence-electron chi connectivity index (χ3n) is 4.45. The molecule has 0 spiro atoms. The highest BCUT2D eigenvalue weighted by molar-refractivity contribution is 5.84. The van der Waals surface area contributed by atoms with Gasteiger partial charge in [-0.25, -0.2) is 4.39 Å². The Bertz CT molecular complexity index is 695. The minimum absolute atomic E-state index is 0.0343. The Morgan fingerprint density at radius 1 is 1.25 bits per heavy atom. The summed E-state index contributed by atoms with van der Waals surface area (Å²) in [5.41, 5.74) is 2.03. The largest absolute Gasteiger partial charge is 0.497 e. The van der Waals surface area contributed by atoms with Gasteiger partial charge in [-0.1, -0.05) is 24.3 Å².